The normalized spacial score (nSPS) is 20.7. The molecule has 20 heavy (non-hydrogen) atoms. The minimum atomic E-state index is -0.0442. The van der Waals surface area contributed by atoms with E-state index in [1.807, 2.05) is 24.3 Å². The molecular formula is C16H23ClN2O. The summed E-state index contributed by atoms with van der Waals surface area (Å²) in [7, 11) is 0. The van der Waals surface area contributed by atoms with Gasteiger partial charge in [-0.1, -0.05) is 44.0 Å². The van der Waals surface area contributed by atoms with Gasteiger partial charge in [-0.25, -0.2) is 0 Å². The van der Waals surface area contributed by atoms with Crippen molar-refractivity contribution in [2.75, 3.05) is 6.54 Å². The van der Waals surface area contributed by atoms with E-state index in [0.29, 0.717) is 5.92 Å². The van der Waals surface area contributed by atoms with Crippen molar-refractivity contribution in [1.29, 1.82) is 0 Å². The smallest absolute Gasteiger partial charge is 0.237 e. The fourth-order valence-corrected chi connectivity index (χ4v) is 2.76. The van der Waals surface area contributed by atoms with Crippen LogP contribution in [0.1, 0.15) is 44.7 Å². The van der Waals surface area contributed by atoms with E-state index in [1.54, 1.807) is 0 Å². The fraction of sp³-hybridized carbons (Fsp3) is 0.562. The van der Waals surface area contributed by atoms with Crippen LogP contribution in [0.4, 0.5) is 0 Å². The van der Waals surface area contributed by atoms with Crippen molar-refractivity contribution in [2.45, 2.75) is 45.2 Å². The highest BCUT2D eigenvalue weighted by molar-refractivity contribution is 6.30. The largest absolute Gasteiger partial charge is 0.348 e. The van der Waals surface area contributed by atoms with Gasteiger partial charge >= 0.3 is 0 Å². The van der Waals surface area contributed by atoms with Crippen LogP contribution in [-0.4, -0.2) is 18.5 Å². The molecule has 1 unspecified atom stereocenters. The maximum atomic E-state index is 12.4. The van der Waals surface area contributed by atoms with Crippen LogP contribution in [0.2, 0.25) is 5.02 Å². The van der Waals surface area contributed by atoms with Gasteiger partial charge in [-0.3, -0.25) is 4.79 Å². The Bertz CT molecular complexity index is 438. The van der Waals surface area contributed by atoms with Crippen LogP contribution in [-0.2, 0) is 4.79 Å². The van der Waals surface area contributed by atoms with Crippen molar-refractivity contribution in [3.63, 3.8) is 0 Å². The molecule has 0 bridgehead atoms. The quantitative estimate of drug-likeness (QED) is 0.894. The zero-order chi connectivity index (χ0) is 14.5. The highest BCUT2D eigenvalue weighted by atomic mass is 35.5. The SMILES string of the molecule is CC(C)C(NC(=O)[C@@H]1CCCCN1)c1ccc(Cl)cc1. The molecule has 1 heterocycles. The van der Waals surface area contributed by atoms with E-state index < -0.39 is 0 Å². The second-order valence-electron chi connectivity index (χ2n) is 5.78. The molecule has 0 aliphatic carbocycles. The summed E-state index contributed by atoms with van der Waals surface area (Å²) in [6.45, 7) is 5.17. The number of rotatable bonds is 4. The molecule has 0 aromatic heterocycles. The molecule has 0 spiro atoms. The van der Waals surface area contributed by atoms with Gasteiger partial charge in [0.1, 0.15) is 0 Å². The van der Waals surface area contributed by atoms with Gasteiger partial charge in [0.2, 0.25) is 5.91 Å². The number of carbonyl (C=O) groups is 1. The molecule has 2 atom stereocenters. The van der Waals surface area contributed by atoms with E-state index >= 15 is 0 Å². The molecule has 0 radical (unpaired) electrons. The standard InChI is InChI=1S/C16H23ClN2O/c1-11(2)15(12-6-8-13(17)9-7-12)19-16(20)14-5-3-4-10-18-14/h6-9,11,14-15,18H,3-5,10H2,1-2H3,(H,19,20)/t14-,15?/m0/s1. The average Bonchev–Trinajstić information content (AvgIpc) is 2.46. The topological polar surface area (TPSA) is 41.1 Å². The van der Waals surface area contributed by atoms with Crippen LogP contribution < -0.4 is 10.6 Å². The van der Waals surface area contributed by atoms with Crippen molar-refractivity contribution in [2.24, 2.45) is 5.92 Å². The molecule has 4 heteroatoms. The summed E-state index contributed by atoms with van der Waals surface area (Å²) in [5.74, 6) is 0.446. The number of benzene rings is 1. The number of hydrogen-bond donors (Lipinski definition) is 2. The lowest BCUT2D eigenvalue weighted by atomic mass is 9.95. The molecule has 1 fully saturated rings. The summed E-state index contributed by atoms with van der Waals surface area (Å²) in [5.41, 5.74) is 1.11. The summed E-state index contributed by atoms with van der Waals surface area (Å²) >= 11 is 5.93. The van der Waals surface area contributed by atoms with E-state index in [0.717, 1.165) is 36.4 Å². The van der Waals surface area contributed by atoms with Crippen LogP contribution >= 0.6 is 11.6 Å². The molecule has 1 amide bonds. The summed E-state index contributed by atoms with van der Waals surface area (Å²) in [5, 5.41) is 7.19. The molecule has 1 aliphatic heterocycles. The lowest BCUT2D eigenvalue weighted by Gasteiger charge is -2.28. The number of amides is 1. The molecule has 2 rings (SSSR count). The molecular weight excluding hydrogens is 272 g/mol. The van der Waals surface area contributed by atoms with Crippen molar-refractivity contribution in [3.8, 4) is 0 Å². The van der Waals surface area contributed by atoms with Gasteiger partial charge in [0.15, 0.2) is 0 Å². The molecule has 110 valence electrons. The zero-order valence-electron chi connectivity index (χ0n) is 12.2. The van der Waals surface area contributed by atoms with Crippen molar-refractivity contribution >= 4 is 17.5 Å². The van der Waals surface area contributed by atoms with E-state index in [-0.39, 0.29) is 18.0 Å². The van der Waals surface area contributed by atoms with Gasteiger partial charge in [0, 0.05) is 5.02 Å². The summed E-state index contributed by atoms with van der Waals surface area (Å²) < 4.78 is 0. The minimum absolute atomic E-state index is 0.0310. The van der Waals surface area contributed by atoms with E-state index in [9.17, 15) is 4.79 Å². The van der Waals surface area contributed by atoms with E-state index in [2.05, 4.69) is 24.5 Å². The fourth-order valence-electron chi connectivity index (χ4n) is 2.63. The molecule has 3 nitrogen and oxygen atoms in total. The van der Waals surface area contributed by atoms with Crippen molar-refractivity contribution in [3.05, 3.63) is 34.9 Å². The van der Waals surface area contributed by atoms with Crippen LogP contribution in [0, 0.1) is 5.92 Å². The maximum Gasteiger partial charge on any atom is 0.237 e. The number of nitrogens with one attached hydrogen (secondary N) is 2. The van der Waals surface area contributed by atoms with Crippen molar-refractivity contribution < 1.29 is 4.79 Å². The second kappa shape index (κ2) is 7.09. The lowest BCUT2D eigenvalue weighted by Crippen LogP contribution is -2.48. The van der Waals surface area contributed by atoms with E-state index in [4.69, 9.17) is 11.6 Å². The first-order chi connectivity index (χ1) is 9.58. The first-order valence-corrected chi connectivity index (χ1v) is 7.75. The highest BCUT2D eigenvalue weighted by Crippen LogP contribution is 2.23. The Kier molecular flexibility index (Phi) is 5.44. The third-order valence-corrected chi connectivity index (χ3v) is 4.07. The van der Waals surface area contributed by atoms with Gasteiger partial charge in [-0.15, -0.1) is 0 Å². The first-order valence-electron chi connectivity index (χ1n) is 7.37. The number of carbonyl (C=O) groups excluding carboxylic acids is 1. The highest BCUT2D eigenvalue weighted by Gasteiger charge is 2.25. The van der Waals surface area contributed by atoms with Crippen LogP contribution in [0.5, 0.6) is 0 Å². The Balaban J connectivity index is 2.05. The Morgan fingerprint density at radius 1 is 1.30 bits per heavy atom. The van der Waals surface area contributed by atoms with Gasteiger partial charge in [-0.05, 0) is 43.0 Å². The van der Waals surface area contributed by atoms with Crippen molar-refractivity contribution in [1.82, 2.24) is 10.6 Å². The summed E-state index contributed by atoms with van der Waals surface area (Å²) in [4.78, 5) is 12.4. The number of hydrogen-bond acceptors (Lipinski definition) is 2. The Hall–Kier alpha value is -1.06. The minimum Gasteiger partial charge on any atom is -0.348 e. The van der Waals surface area contributed by atoms with Gasteiger partial charge in [0.25, 0.3) is 0 Å². The maximum absolute atomic E-state index is 12.4. The third-order valence-electron chi connectivity index (χ3n) is 3.82. The van der Waals surface area contributed by atoms with E-state index in [1.165, 1.54) is 0 Å². The molecule has 0 saturated carbocycles. The molecule has 1 saturated heterocycles. The first kappa shape index (κ1) is 15.3. The molecule has 2 N–H and O–H groups in total. The Morgan fingerprint density at radius 2 is 2.00 bits per heavy atom. The Labute approximate surface area is 126 Å². The van der Waals surface area contributed by atoms with Gasteiger partial charge in [0.05, 0.1) is 12.1 Å². The Morgan fingerprint density at radius 3 is 2.55 bits per heavy atom. The summed E-state index contributed by atoms with van der Waals surface area (Å²) in [6.07, 6.45) is 3.21. The zero-order valence-corrected chi connectivity index (χ0v) is 12.9. The van der Waals surface area contributed by atoms with Crippen LogP contribution in [0.25, 0.3) is 0 Å². The summed E-state index contributed by atoms with van der Waals surface area (Å²) in [6, 6.07) is 7.71. The monoisotopic (exact) mass is 294 g/mol. The third kappa shape index (κ3) is 3.97. The van der Waals surface area contributed by atoms with Crippen LogP contribution in [0.3, 0.4) is 0 Å². The van der Waals surface area contributed by atoms with Crippen LogP contribution in [0.15, 0.2) is 24.3 Å². The molecule has 1 aromatic rings. The molecule has 1 aromatic carbocycles. The predicted molar refractivity (Wildman–Crippen MR) is 82.8 cm³/mol. The predicted octanol–water partition coefficient (Wildman–Crippen LogP) is 3.30. The number of piperidine rings is 1. The molecule has 1 aliphatic rings. The van der Waals surface area contributed by atoms with Gasteiger partial charge < -0.3 is 10.6 Å². The average molecular weight is 295 g/mol. The second-order valence-corrected chi connectivity index (χ2v) is 6.22. The number of halogens is 1. The van der Waals surface area contributed by atoms with Gasteiger partial charge in [-0.2, -0.15) is 0 Å². The lowest BCUT2D eigenvalue weighted by molar-refractivity contribution is -0.124.